The molecule has 0 bridgehead atoms. The maximum absolute atomic E-state index is 8.84. The number of hydrogen-bond acceptors (Lipinski definition) is 4. The van der Waals surface area contributed by atoms with E-state index >= 15 is 0 Å². The van der Waals surface area contributed by atoms with Gasteiger partial charge in [-0.05, 0) is 12.1 Å². The van der Waals surface area contributed by atoms with Crippen LogP contribution in [0.1, 0.15) is 5.56 Å². The Balaban J connectivity index is 2.31. The van der Waals surface area contributed by atoms with Crippen LogP contribution in [0.2, 0.25) is 5.02 Å². The predicted octanol–water partition coefficient (Wildman–Crippen LogP) is 2.79. The first kappa shape index (κ1) is 10.4. The van der Waals surface area contributed by atoms with Crippen LogP contribution in [0.15, 0.2) is 36.8 Å². The quantitative estimate of drug-likeness (QED) is 0.797. The van der Waals surface area contributed by atoms with Crippen LogP contribution in [0.4, 0.5) is 0 Å². The Morgan fingerprint density at radius 1 is 1.38 bits per heavy atom. The van der Waals surface area contributed by atoms with Crippen LogP contribution in [0, 0.1) is 11.3 Å². The summed E-state index contributed by atoms with van der Waals surface area (Å²) in [4.78, 5) is 7.83. The summed E-state index contributed by atoms with van der Waals surface area (Å²) in [5.74, 6) is 0.691. The summed E-state index contributed by atoms with van der Waals surface area (Å²) >= 11 is 5.76. The van der Waals surface area contributed by atoms with E-state index in [0.29, 0.717) is 16.3 Å². The van der Waals surface area contributed by atoms with E-state index in [1.54, 1.807) is 24.4 Å². The number of halogens is 1. The number of rotatable bonds is 2. The molecule has 0 N–H and O–H groups in total. The predicted molar refractivity (Wildman–Crippen MR) is 58.3 cm³/mol. The molecule has 2 aromatic rings. The molecule has 0 saturated heterocycles. The van der Waals surface area contributed by atoms with Crippen LogP contribution in [0.5, 0.6) is 11.6 Å². The van der Waals surface area contributed by atoms with Gasteiger partial charge in [0.2, 0.25) is 5.88 Å². The molecule has 0 atom stereocenters. The normalized spacial score (nSPS) is 9.50. The van der Waals surface area contributed by atoms with E-state index in [1.807, 2.05) is 6.07 Å². The minimum atomic E-state index is 0.245. The summed E-state index contributed by atoms with van der Waals surface area (Å²) in [5, 5.41) is 9.30. The average molecular weight is 232 g/mol. The molecule has 0 amide bonds. The second kappa shape index (κ2) is 4.60. The second-order valence-corrected chi connectivity index (χ2v) is 3.35. The minimum absolute atomic E-state index is 0.245. The highest BCUT2D eigenvalue weighted by Crippen LogP contribution is 2.23. The Bertz CT molecular complexity index is 551. The monoisotopic (exact) mass is 231 g/mol. The lowest BCUT2D eigenvalue weighted by Crippen LogP contribution is -1.91. The topological polar surface area (TPSA) is 58.8 Å². The summed E-state index contributed by atoms with van der Waals surface area (Å²) in [7, 11) is 0. The summed E-state index contributed by atoms with van der Waals surface area (Å²) in [5.41, 5.74) is 0.363. The van der Waals surface area contributed by atoms with Gasteiger partial charge in [-0.15, -0.1) is 0 Å². The molecule has 2 heterocycles. The second-order valence-electron chi connectivity index (χ2n) is 2.91. The van der Waals surface area contributed by atoms with Gasteiger partial charge in [0.25, 0.3) is 0 Å². The molecule has 0 aromatic carbocycles. The van der Waals surface area contributed by atoms with Crippen LogP contribution in [-0.2, 0) is 0 Å². The molecule has 2 rings (SSSR count). The van der Waals surface area contributed by atoms with Crippen molar-refractivity contribution in [3.8, 4) is 17.7 Å². The van der Waals surface area contributed by atoms with Gasteiger partial charge >= 0.3 is 0 Å². The molecule has 4 nitrogen and oxygen atoms in total. The standard InChI is InChI=1S/C11H6ClN3O/c12-9-4-10(7-14-6-9)16-11-8(5-13)2-1-3-15-11/h1-4,6-7H. The van der Waals surface area contributed by atoms with Gasteiger partial charge in [-0.25, -0.2) is 4.98 Å². The highest BCUT2D eigenvalue weighted by atomic mass is 35.5. The number of hydrogen-bond donors (Lipinski definition) is 0. The first-order valence-corrected chi connectivity index (χ1v) is 4.81. The van der Waals surface area contributed by atoms with Gasteiger partial charge in [-0.2, -0.15) is 5.26 Å². The Kier molecular flexibility index (Phi) is 2.99. The smallest absolute Gasteiger partial charge is 0.237 e. The molecule has 78 valence electrons. The average Bonchev–Trinajstić information content (AvgIpc) is 2.30. The van der Waals surface area contributed by atoms with E-state index in [0.717, 1.165) is 0 Å². The van der Waals surface area contributed by atoms with Crippen LogP contribution in [0.25, 0.3) is 0 Å². The number of nitriles is 1. The third-order valence-corrected chi connectivity index (χ3v) is 1.99. The van der Waals surface area contributed by atoms with E-state index in [4.69, 9.17) is 21.6 Å². The molecule has 2 aromatic heterocycles. The van der Waals surface area contributed by atoms with Crippen molar-refractivity contribution in [2.45, 2.75) is 0 Å². The van der Waals surface area contributed by atoms with Crippen molar-refractivity contribution in [3.63, 3.8) is 0 Å². The molecule has 0 fully saturated rings. The number of nitrogens with zero attached hydrogens (tertiary/aromatic N) is 3. The number of aromatic nitrogens is 2. The molecule has 0 aliphatic carbocycles. The lowest BCUT2D eigenvalue weighted by molar-refractivity contribution is 0.459. The van der Waals surface area contributed by atoms with E-state index in [9.17, 15) is 0 Å². The molecule has 0 aliphatic heterocycles. The summed E-state index contributed by atoms with van der Waals surface area (Å²) < 4.78 is 5.40. The summed E-state index contributed by atoms with van der Waals surface area (Å²) in [6.45, 7) is 0. The summed E-state index contributed by atoms with van der Waals surface area (Å²) in [6, 6.07) is 6.88. The fourth-order valence-electron chi connectivity index (χ4n) is 1.12. The van der Waals surface area contributed by atoms with Gasteiger partial charge < -0.3 is 4.74 Å². The minimum Gasteiger partial charge on any atom is -0.436 e. The highest BCUT2D eigenvalue weighted by Gasteiger charge is 2.05. The fraction of sp³-hybridized carbons (Fsp3) is 0. The van der Waals surface area contributed by atoms with Gasteiger partial charge in [-0.1, -0.05) is 11.6 Å². The third-order valence-electron chi connectivity index (χ3n) is 1.79. The zero-order valence-electron chi connectivity index (χ0n) is 8.09. The molecule has 16 heavy (non-hydrogen) atoms. The Morgan fingerprint density at radius 3 is 3.00 bits per heavy atom. The van der Waals surface area contributed by atoms with Crippen molar-refractivity contribution < 1.29 is 4.74 Å². The molecule has 0 spiro atoms. The first-order valence-electron chi connectivity index (χ1n) is 4.43. The van der Waals surface area contributed by atoms with E-state index in [2.05, 4.69) is 9.97 Å². The maximum atomic E-state index is 8.84. The van der Waals surface area contributed by atoms with Crippen LogP contribution in [-0.4, -0.2) is 9.97 Å². The van der Waals surface area contributed by atoms with Gasteiger partial charge in [-0.3, -0.25) is 4.98 Å². The highest BCUT2D eigenvalue weighted by molar-refractivity contribution is 6.30. The van der Waals surface area contributed by atoms with Crippen LogP contribution >= 0.6 is 11.6 Å². The number of ether oxygens (including phenoxy) is 1. The molecule has 5 heteroatoms. The van der Waals surface area contributed by atoms with Crippen molar-refractivity contribution in [3.05, 3.63) is 47.4 Å². The third kappa shape index (κ3) is 2.27. The van der Waals surface area contributed by atoms with Gasteiger partial charge in [0, 0.05) is 18.5 Å². The van der Waals surface area contributed by atoms with Crippen molar-refractivity contribution in [1.82, 2.24) is 9.97 Å². The van der Waals surface area contributed by atoms with E-state index < -0.39 is 0 Å². The number of pyridine rings is 2. The van der Waals surface area contributed by atoms with E-state index in [-0.39, 0.29) is 5.88 Å². The van der Waals surface area contributed by atoms with Gasteiger partial charge in [0.1, 0.15) is 17.4 Å². The van der Waals surface area contributed by atoms with Gasteiger partial charge in [0.15, 0.2) is 0 Å². The lowest BCUT2D eigenvalue weighted by Gasteiger charge is -2.04. The van der Waals surface area contributed by atoms with Crippen LogP contribution < -0.4 is 4.74 Å². The van der Waals surface area contributed by atoms with Crippen LogP contribution in [0.3, 0.4) is 0 Å². The summed E-state index contributed by atoms with van der Waals surface area (Å²) in [6.07, 6.45) is 4.55. The Labute approximate surface area is 97.1 Å². The van der Waals surface area contributed by atoms with E-state index in [1.165, 1.54) is 12.4 Å². The fourth-order valence-corrected chi connectivity index (χ4v) is 1.28. The molecule has 0 aliphatic rings. The molecular formula is C11H6ClN3O. The molecule has 0 saturated carbocycles. The Morgan fingerprint density at radius 2 is 2.25 bits per heavy atom. The lowest BCUT2D eigenvalue weighted by atomic mass is 10.3. The maximum Gasteiger partial charge on any atom is 0.237 e. The van der Waals surface area contributed by atoms with Crippen molar-refractivity contribution in [1.29, 1.82) is 5.26 Å². The molecule has 0 unspecified atom stereocenters. The first-order chi connectivity index (χ1) is 7.79. The molecule has 0 radical (unpaired) electrons. The zero-order valence-corrected chi connectivity index (χ0v) is 8.85. The van der Waals surface area contributed by atoms with Crippen molar-refractivity contribution in [2.24, 2.45) is 0 Å². The SMILES string of the molecule is N#Cc1cccnc1Oc1cncc(Cl)c1. The van der Waals surface area contributed by atoms with Crippen molar-refractivity contribution in [2.75, 3.05) is 0 Å². The Hall–Kier alpha value is -2.12. The van der Waals surface area contributed by atoms with Gasteiger partial charge in [0.05, 0.1) is 11.2 Å². The largest absolute Gasteiger partial charge is 0.436 e. The van der Waals surface area contributed by atoms with Crippen molar-refractivity contribution >= 4 is 11.6 Å². The zero-order chi connectivity index (χ0) is 11.4. The molecular weight excluding hydrogens is 226 g/mol.